The molecule has 0 unspecified atom stereocenters. The van der Waals surface area contributed by atoms with Gasteiger partial charge in [0.25, 0.3) is 0 Å². The smallest absolute Gasteiger partial charge is 0.327 e. The van der Waals surface area contributed by atoms with E-state index in [2.05, 4.69) is 6.07 Å². The fraction of sp³-hybridized carbons (Fsp3) is 0.222. The molecule has 6 aromatic rings. The van der Waals surface area contributed by atoms with E-state index in [0.717, 1.165) is 38.2 Å². The van der Waals surface area contributed by atoms with Crippen LogP contribution in [-0.2, 0) is 15.1 Å². The van der Waals surface area contributed by atoms with Crippen LogP contribution >= 0.6 is 0 Å². The zero-order valence-corrected chi connectivity index (χ0v) is 28.5. The fourth-order valence-electron chi connectivity index (χ4n) is 8.33. The lowest BCUT2D eigenvalue weighted by atomic mass is 9.47. The number of benzene rings is 6. The van der Waals surface area contributed by atoms with Gasteiger partial charge in [-0.2, -0.15) is 5.26 Å². The maximum atomic E-state index is 15.6. The molecule has 0 spiro atoms. The van der Waals surface area contributed by atoms with Crippen LogP contribution in [0, 0.1) is 36.5 Å². The number of ether oxygens (including phenoxy) is 1. The van der Waals surface area contributed by atoms with Crippen molar-refractivity contribution >= 4 is 33.3 Å². The molecule has 0 heterocycles. The number of Topliss-reactive ketones (excluding diaryl/α,β-unsaturated/α-hetero) is 1. The maximum absolute atomic E-state index is 15.6. The van der Waals surface area contributed by atoms with Gasteiger partial charge in [-0.15, -0.1) is 0 Å². The molecule has 7 rings (SSSR count). The highest BCUT2D eigenvalue weighted by Gasteiger charge is 2.68. The molecule has 248 valence electrons. The van der Waals surface area contributed by atoms with Gasteiger partial charge >= 0.3 is 5.97 Å². The molecule has 5 atom stereocenters. The topological polar surface area (TPSA) is 87.4 Å². The summed E-state index contributed by atoms with van der Waals surface area (Å²) in [6.45, 7) is 5.72. The number of rotatable bonds is 7. The molecule has 5 heteroatoms. The average molecular weight is 658 g/mol. The Morgan fingerprint density at radius 2 is 1.28 bits per heavy atom. The lowest BCUT2D eigenvalue weighted by molar-refractivity contribution is -0.164. The minimum absolute atomic E-state index is 0.0546. The molecular weight excluding hydrogens is 618 g/mol. The Morgan fingerprint density at radius 3 is 1.90 bits per heavy atom. The number of nitrogens with zero attached hydrogens (tertiary/aromatic N) is 1. The van der Waals surface area contributed by atoms with Crippen molar-refractivity contribution in [2.24, 2.45) is 11.3 Å². The normalized spacial score (nSPS) is 23.3. The van der Waals surface area contributed by atoms with Crippen LogP contribution in [-0.4, -0.2) is 23.5 Å². The predicted octanol–water partition coefficient (Wildman–Crippen LogP) is 9.34. The first-order chi connectivity index (χ1) is 24.2. The Bertz CT molecular complexity index is 2260. The number of ketones is 1. The molecule has 0 aliphatic heterocycles. The third-order valence-corrected chi connectivity index (χ3v) is 10.7. The van der Waals surface area contributed by atoms with E-state index < -0.39 is 34.7 Å². The van der Waals surface area contributed by atoms with Gasteiger partial charge in [0, 0.05) is 17.4 Å². The molecule has 0 radical (unpaired) electrons. The highest BCUT2D eigenvalue weighted by atomic mass is 16.5. The van der Waals surface area contributed by atoms with E-state index in [4.69, 9.17) is 4.74 Å². The van der Waals surface area contributed by atoms with Crippen molar-refractivity contribution in [1.29, 1.82) is 5.26 Å². The van der Waals surface area contributed by atoms with Crippen molar-refractivity contribution in [2.45, 2.75) is 44.6 Å². The first-order valence-electron chi connectivity index (χ1n) is 17.2. The molecule has 1 N–H and O–H groups in total. The zero-order valence-electron chi connectivity index (χ0n) is 28.5. The number of esters is 1. The maximum Gasteiger partial charge on any atom is 0.327 e. The van der Waals surface area contributed by atoms with Crippen LogP contribution in [0.3, 0.4) is 0 Å². The van der Waals surface area contributed by atoms with Crippen molar-refractivity contribution in [1.82, 2.24) is 0 Å². The average Bonchev–Trinajstić information content (AvgIpc) is 3.14. The zero-order chi connectivity index (χ0) is 35.0. The first kappa shape index (κ1) is 33.0. The van der Waals surface area contributed by atoms with Gasteiger partial charge in [0.05, 0.1) is 18.6 Å². The van der Waals surface area contributed by atoms with E-state index in [1.165, 1.54) is 0 Å². The summed E-state index contributed by atoms with van der Waals surface area (Å²) in [7, 11) is 0. The fourth-order valence-corrected chi connectivity index (χ4v) is 8.33. The van der Waals surface area contributed by atoms with Gasteiger partial charge in [0.2, 0.25) is 0 Å². The van der Waals surface area contributed by atoms with E-state index >= 15 is 4.79 Å². The standard InChI is InChI=1S/C45H39NO4/c1-4-50-43(48)44(28-46)39(33-23-19-29(2)20-24-33)27-45(49,38-18-10-14-32-12-6-8-16-36(32)38)41(40(44)34-25-21-30(3)22-26-34)42(47)37-17-9-13-31-11-5-7-15-35(31)37/h5-26,39-41,49H,4,27H2,1-3H3/t39-,40-,41+,44+,45-/m0/s1. The summed E-state index contributed by atoms with van der Waals surface area (Å²) in [6, 6.07) is 44.7. The molecule has 0 bridgehead atoms. The van der Waals surface area contributed by atoms with Crippen LogP contribution in [0.4, 0.5) is 0 Å². The summed E-state index contributed by atoms with van der Waals surface area (Å²) in [5, 5.41) is 28.6. The molecule has 6 aromatic carbocycles. The van der Waals surface area contributed by atoms with Crippen LogP contribution < -0.4 is 0 Å². The van der Waals surface area contributed by atoms with Crippen LogP contribution in [0.5, 0.6) is 0 Å². The molecule has 0 amide bonds. The molecule has 1 saturated carbocycles. The van der Waals surface area contributed by atoms with Crippen molar-refractivity contribution in [3.8, 4) is 6.07 Å². The minimum Gasteiger partial charge on any atom is -0.465 e. The monoisotopic (exact) mass is 657 g/mol. The van der Waals surface area contributed by atoms with Gasteiger partial charge in [-0.05, 0) is 65.4 Å². The quantitative estimate of drug-likeness (QED) is 0.137. The van der Waals surface area contributed by atoms with Crippen LogP contribution in [0.25, 0.3) is 21.5 Å². The van der Waals surface area contributed by atoms with Crippen LogP contribution in [0.2, 0.25) is 0 Å². The SMILES string of the molecule is CCOC(=O)[C@]1(C#N)[C@H](c2ccc(C)cc2)C[C@](O)(c2cccc3ccccc23)[C@@H](C(=O)c2cccc3ccccc23)[C@@H]1c1ccc(C)cc1. The van der Waals surface area contributed by atoms with E-state index in [1.54, 1.807) is 13.0 Å². The number of hydrogen-bond donors (Lipinski definition) is 1. The molecule has 0 aromatic heterocycles. The van der Waals surface area contributed by atoms with Crippen LogP contribution in [0.15, 0.2) is 133 Å². The van der Waals surface area contributed by atoms with Gasteiger partial charge in [0.1, 0.15) is 5.60 Å². The van der Waals surface area contributed by atoms with Gasteiger partial charge < -0.3 is 9.84 Å². The third-order valence-electron chi connectivity index (χ3n) is 10.7. The molecular formula is C45H39NO4. The number of aliphatic hydroxyl groups is 1. The van der Waals surface area contributed by atoms with Crippen molar-refractivity contribution in [3.05, 3.63) is 167 Å². The van der Waals surface area contributed by atoms with Gasteiger partial charge in [-0.1, -0.05) is 145 Å². The third kappa shape index (κ3) is 5.28. The summed E-state index contributed by atoms with van der Waals surface area (Å²) in [5.41, 5.74) is 0.643. The number of carbonyl (C=O) groups excluding carboxylic acids is 2. The number of aryl methyl sites for hydroxylation is 2. The largest absolute Gasteiger partial charge is 0.465 e. The lowest BCUT2D eigenvalue weighted by Crippen LogP contribution is -2.59. The van der Waals surface area contributed by atoms with Crippen molar-refractivity contribution in [2.75, 3.05) is 6.61 Å². The van der Waals surface area contributed by atoms with Gasteiger partial charge in [-0.25, -0.2) is 0 Å². The first-order valence-corrected chi connectivity index (χ1v) is 17.2. The van der Waals surface area contributed by atoms with Crippen LogP contribution in [0.1, 0.15) is 63.4 Å². The molecule has 1 aliphatic rings. The summed E-state index contributed by atoms with van der Waals surface area (Å²) >= 11 is 0. The number of nitriles is 1. The Balaban J connectivity index is 1.62. The van der Waals surface area contributed by atoms with Crippen molar-refractivity contribution in [3.63, 3.8) is 0 Å². The number of fused-ring (bicyclic) bond motifs is 2. The van der Waals surface area contributed by atoms with Gasteiger partial charge in [0.15, 0.2) is 11.2 Å². The molecule has 1 fully saturated rings. The van der Waals surface area contributed by atoms with E-state index in [-0.39, 0.29) is 18.8 Å². The minimum atomic E-state index is -1.87. The van der Waals surface area contributed by atoms with Crippen molar-refractivity contribution < 1.29 is 19.4 Å². The Kier molecular flexibility index (Phi) is 8.59. The lowest BCUT2D eigenvalue weighted by Gasteiger charge is -2.54. The second-order valence-electron chi connectivity index (χ2n) is 13.6. The number of hydrogen-bond acceptors (Lipinski definition) is 5. The van der Waals surface area contributed by atoms with E-state index in [1.807, 2.05) is 141 Å². The second kappa shape index (κ2) is 13.0. The summed E-state index contributed by atoms with van der Waals surface area (Å²) < 4.78 is 5.82. The molecule has 1 aliphatic carbocycles. The highest BCUT2D eigenvalue weighted by Crippen LogP contribution is 2.64. The van der Waals surface area contributed by atoms with Gasteiger partial charge in [-0.3, -0.25) is 9.59 Å². The molecule has 0 saturated heterocycles. The highest BCUT2D eigenvalue weighted by molar-refractivity contribution is 6.10. The van der Waals surface area contributed by atoms with E-state index in [0.29, 0.717) is 16.7 Å². The Labute approximate surface area is 292 Å². The molecule has 5 nitrogen and oxygen atoms in total. The molecule has 50 heavy (non-hydrogen) atoms. The summed E-state index contributed by atoms with van der Waals surface area (Å²) in [6.07, 6.45) is -0.0695. The number of carbonyl (C=O) groups is 2. The second-order valence-corrected chi connectivity index (χ2v) is 13.6. The predicted molar refractivity (Wildman–Crippen MR) is 197 cm³/mol. The Morgan fingerprint density at radius 1 is 0.740 bits per heavy atom. The Hall–Kier alpha value is -5.57. The summed E-state index contributed by atoms with van der Waals surface area (Å²) in [5.74, 6) is -4.22. The summed E-state index contributed by atoms with van der Waals surface area (Å²) in [4.78, 5) is 30.3. The van der Waals surface area contributed by atoms with E-state index in [9.17, 15) is 15.2 Å².